The van der Waals surface area contributed by atoms with Gasteiger partial charge in [-0.15, -0.1) is 0 Å². The molecule has 0 atom stereocenters. The molecule has 0 unspecified atom stereocenters. The van der Waals surface area contributed by atoms with E-state index in [0.717, 1.165) is 15.8 Å². The largest absolute Gasteiger partial charge is 0.481 e. The van der Waals surface area contributed by atoms with Crippen LogP contribution in [-0.2, 0) is 11.0 Å². The molecule has 0 radical (unpaired) electrons. The maximum atomic E-state index is 14.3. The van der Waals surface area contributed by atoms with Crippen molar-refractivity contribution in [3.63, 3.8) is 0 Å². The number of Topliss-reactive ketones (excluding diaryl/α,β-unsaturated/α-hetero) is 1. The number of hydrogen-bond donors (Lipinski definition) is 1. The van der Waals surface area contributed by atoms with Crippen LogP contribution in [0.1, 0.15) is 85.8 Å². The Morgan fingerprint density at radius 3 is 2.16 bits per heavy atom. The molecule has 3 rings (SSSR count). The first kappa shape index (κ1) is 30.0. The van der Waals surface area contributed by atoms with E-state index < -0.39 is 58.5 Å². The molecule has 1 fully saturated rings. The first-order valence-electron chi connectivity index (χ1n) is 12.1. The number of carboxylic acids is 1. The second kappa shape index (κ2) is 10.9. The molecule has 1 amide bonds. The SMILES string of the molecule is CC(C)(C)CN(CC(=O)c1c(Cl)cccc1Cl)C(=O)c1cnn([C@H]2CC[C@](C)(C(=O)O)CC2)c1C(F)(F)F. The number of amides is 1. The molecule has 38 heavy (non-hydrogen) atoms. The normalized spacial score (nSPS) is 20.3. The molecule has 0 aliphatic heterocycles. The number of ketones is 1. The van der Waals surface area contributed by atoms with Gasteiger partial charge >= 0.3 is 12.1 Å². The number of aliphatic carboxylic acids is 1. The van der Waals surface area contributed by atoms with Gasteiger partial charge in [-0.25, -0.2) is 0 Å². The zero-order valence-corrected chi connectivity index (χ0v) is 23.0. The highest BCUT2D eigenvalue weighted by Crippen LogP contribution is 2.43. The van der Waals surface area contributed by atoms with Crippen molar-refractivity contribution < 1.29 is 32.7 Å². The summed E-state index contributed by atoms with van der Waals surface area (Å²) in [4.78, 5) is 39.3. The number of hydrogen-bond acceptors (Lipinski definition) is 4. The molecule has 1 aromatic carbocycles. The van der Waals surface area contributed by atoms with Crippen LogP contribution in [0.25, 0.3) is 0 Å². The van der Waals surface area contributed by atoms with Crippen LogP contribution >= 0.6 is 23.2 Å². The van der Waals surface area contributed by atoms with Crippen molar-refractivity contribution >= 4 is 40.9 Å². The highest BCUT2D eigenvalue weighted by Gasteiger charge is 2.45. The van der Waals surface area contributed by atoms with Crippen molar-refractivity contribution in [2.24, 2.45) is 10.8 Å². The van der Waals surface area contributed by atoms with Gasteiger partial charge in [0.15, 0.2) is 11.5 Å². The smallest absolute Gasteiger partial charge is 0.433 e. The number of benzene rings is 1. The van der Waals surface area contributed by atoms with E-state index in [-0.39, 0.29) is 47.8 Å². The lowest BCUT2D eigenvalue weighted by molar-refractivity contribution is -0.152. The molecule has 2 aromatic rings. The molecule has 0 saturated heterocycles. The summed E-state index contributed by atoms with van der Waals surface area (Å²) >= 11 is 12.3. The third-order valence-corrected chi connectivity index (χ3v) is 7.37. The van der Waals surface area contributed by atoms with Gasteiger partial charge in [-0.1, -0.05) is 50.0 Å². The zero-order chi connectivity index (χ0) is 28.6. The fourth-order valence-electron chi connectivity index (χ4n) is 4.74. The zero-order valence-electron chi connectivity index (χ0n) is 21.5. The molecule has 208 valence electrons. The van der Waals surface area contributed by atoms with Crippen LogP contribution in [0.5, 0.6) is 0 Å². The molecule has 0 spiro atoms. The number of nitrogens with zero attached hydrogens (tertiary/aromatic N) is 3. The average Bonchev–Trinajstić information content (AvgIpc) is 3.23. The number of carboxylic acid groups (broad SMARTS) is 1. The Bertz CT molecular complexity index is 1210. The van der Waals surface area contributed by atoms with Gasteiger partial charge in [-0.2, -0.15) is 18.3 Å². The Morgan fingerprint density at radius 2 is 1.68 bits per heavy atom. The monoisotopic (exact) mass is 575 g/mol. The van der Waals surface area contributed by atoms with E-state index in [1.807, 2.05) is 0 Å². The van der Waals surface area contributed by atoms with Crippen molar-refractivity contribution in [1.82, 2.24) is 14.7 Å². The summed E-state index contributed by atoms with van der Waals surface area (Å²) in [5.74, 6) is -2.61. The molecule has 0 bridgehead atoms. The molecule has 1 aliphatic rings. The number of halogens is 5. The number of carbonyl (C=O) groups is 3. The van der Waals surface area contributed by atoms with Gasteiger partial charge in [-0.3, -0.25) is 19.1 Å². The minimum absolute atomic E-state index is 0.0158. The first-order valence-corrected chi connectivity index (χ1v) is 12.8. The summed E-state index contributed by atoms with van der Waals surface area (Å²) in [6.07, 6.45) is -3.36. The van der Waals surface area contributed by atoms with Gasteiger partial charge in [0.2, 0.25) is 0 Å². The van der Waals surface area contributed by atoms with Crippen molar-refractivity contribution in [3.05, 3.63) is 51.3 Å². The fraction of sp³-hybridized carbons (Fsp3) is 0.538. The molecule has 12 heteroatoms. The summed E-state index contributed by atoms with van der Waals surface area (Å²) in [6.45, 7) is 6.37. The average molecular weight is 576 g/mol. The van der Waals surface area contributed by atoms with Gasteiger partial charge in [0.05, 0.1) is 45.4 Å². The van der Waals surface area contributed by atoms with Crippen LogP contribution in [0.3, 0.4) is 0 Å². The van der Waals surface area contributed by atoms with Gasteiger partial charge in [0, 0.05) is 6.54 Å². The summed E-state index contributed by atoms with van der Waals surface area (Å²) in [6, 6.07) is 3.75. The molecular weight excluding hydrogens is 546 g/mol. The standard InChI is InChI=1S/C26H30Cl2F3N3O4/c1-24(2,3)14-33(13-19(35)20-17(27)6-5-7-18(20)28)22(36)16-12-32-34(21(16)26(29,30)31)15-8-10-25(4,11-9-15)23(37)38/h5-7,12,15H,8-11,13-14H2,1-4H3,(H,37,38)/t15-,25-. The van der Waals surface area contributed by atoms with Crippen molar-refractivity contribution in [2.45, 2.75) is 65.6 Å². The predicted octanol–water partition coefficient (Wildman–Crippen LogP) is 6.79. The Balaban J connectivity index is 1.98. The highest BCUT2D eigenvalue weighted by atomic mass is 35.5. The Labute approximate surface area is 228 Å². The number of alkyl halides is 3. The van der Waals surface area contributed by atoms with Crippen molar-refractivity contribution in [3.8, 4) is 0 Å². The number of carbonyl (C=O) groups excluding carboxylic acids is 2. The van der Waals surface area contributed by atoms with Crippen LogP contribution in [0.4, 0.5) is 13.2 Å². The maximum absolute atomic E-state index is 14.3. The maximum Gasteiger partial charge on any atom is 0.433 e. The second-order valence-electron chi connectivity index (χ2n) is 11.2. The van der Waals surface area contributed by atoms with Crippen molar-refractivity contribution in [1.29, 1.82) is 0 Å². The van der Waals surface area contributed by atoms with E-state index in [1.54, 1.807) is 33.8 Å². The minimum atomic E-state index is -4.92. The van der Waals surface area contributed by atoms with Crippen LogP contribution in [0.15, 0.2) is 24.4 Å². The molecule has 1 aromatic heterocycles. The van der Waals surface area contributed by atoms with Gasteiger partial charge < -0.3 is 10.0 Å². The van der Waals surface area contributed by atoms with Gasteiger partial charge in [-0.05, 0) is 50.2 Å². The summed E-state index contributed by atoms with van der Waals surface area (Å²) in [5.41, 5.74) is -3.48. The summed E-state index contributed by atoms with van der Waals surface area (Å²) in [5, 5.41) is 13.5. The van der Waals surface area contributed by atoms with E-state index >= 15 is 0 Å². The molecule has 1 heterocycles. The fourth-order valence-corrected chi connectivity index (χ4v) is 5.34. The summed E-state index contributed by atoms with van der Waals surface area (Å²) in [7, 11) is 0. The molecule has 1 aliphatic carbocycles. The summed E-state index contributed by atoms with van der Waals surface area (Å²) < 4.78 is 43.8. The topological polar surface area (TPSA) is 92.5 Å². The molecule has 1 N–H and O–H groups in total. The molecule has 1 saturated carbocycles. The van der Waals surface area contributed by atoms with E-state index in [4.69, 9.17) is 23.2 Å². The molecular formula is C26H30Cl2F3N3O4. The van der Waals surface area contributed by atoms with Crippen LogP contribution in [-0.4, -0.2) is 50.5 Å². The number of aromatic nitrogens is 2. The van der Waals surface area contributed by atoms with E-state index in [2.05, 4.69) is 5.10 Å². The van der Waals surface area contributed by atoms with Crippen LogP contribution < -0.4 is 0 Å². The Kier molecular flexibility index (Phi) is 8.58. The first-order chi connectivity index (χ1) is 17.4. The van der Waals surface area contributed by atoms with Crippen molar-refractivity contribution in [2.75, 3.05) is 13.1 Å². The second-order valence-corrected chi connectivity index (χ2v) is 12.0. The predicted molar refractivity (Wildman–Crippen MR) is 137 cm³/mol. The van der Waals surface area contributed by atoms with E-state index in [1.165, 1.54) is 12.1 Å². The van der Waals surface area contributed by atoms with E-state index in [0.29, 0.717) is 0 Å². The lowest BCUT2D eigenvalue weighted by Crippen LogP contribution is -2.42. The molecule has 7 nitrogen and oxygen atoms in total. The third kappa shape index (κ3) is 6.51. The Hall–Kier alpha value is -2.59. The quantitative estimate of drug-likeness (QED) is 0.367. The van der Waals surface area contributed by atoms with Gasteiger partial charge in [0.1, 0.15) is 0 Å². The van der Waals surface area contributed by atoms with Gasteiger partial charge in [0.25, 0.3) is 5.91 Å². The minimum Gasteiger partial charge on any atom is -0.481 e. The van der Waals surface area contributed by atoms with Crippen LogP contribution in [0, 0.1) is 10.8 Å². The highest BCUT2D eigenvalue weighted by molar-refractivity contribution is 6.40. The van der Waals surface area contributed by atoms with Crippen LogP contribution in [0.2, 0.25) is 10.0 Å². The third-order valence-electron chi connectivity index (χ3n) is 6.74. The lowest BCUT2D eigenvalue weighted by Gasteiger charge is -2.34. The van der Waals surface area contributed by atoms with E-state index in [9.17, 15) is 32.7 Å². The Morgan fingerprint density at radius 1 is 1.13 bits per heavy atom. The number of rotatable bonds is 7. The lowest BCUT2D eigenvalue weighted by atomic mass is 9.74.